The number of ether oxygens (including phenoxy) is 1. The van der Waals surface area contributed by atoms with Crippen LogP contribution in [-0.2, 0) is 4.79 Å². The fourth-order valence-electron chi connectivity index (χ4n) is 3.50. The van der Waals surface area contributed by atoms with Crippen molar-refractivity contribution in [2.24, 2.45) is 0 Å². The lowest BCUT2D eigenvalue weighted by molar-refractivity contribution is -0.118. The zero-order valence-corrected chi connectivity index (χ0v) is 17.7. The van der Waals surface area contributed by atoms with Gasteiger partial charge in [0, 0.05) is 21.2 Å². The van der Waals surface area contributed by atoms with Gasteiger partial charge in [-0.3, -0.25) is 4.79 Å². The van der Waals surface area contributed by atoms with Gasteiger partial charge < -0.3 is 10.1 Å². The molecule has 2 heterocycles. The van der Waals surface area contributed by atoms with Crippen LogP contribution in [0.1, 0.15) is 0 Å². The molecule has 0 saturated carbocycles. The van der Waals surface area contributed by atoms with E-state index in [1.165, 1.54) is 0 Å². The van der Waals surface area contributed by atoms with Crippen molar-refractivity contribution in [1.29, 1.82) is 0 Å². The number of rotatable bonds is 3. The highest BCUT2D eigenvalue weighted by molar-refractivity contribution is 6.30. The van der Waals surface area contributed by atoms with Crippen LogP contribution in [0.25, 0.3) is 33.6 Å². The van der Waals surface area contributed by atoms with E-state index in [1.54, 1.807) is 0 Å². The Kier molecular flexibility index (Phi) is 5.10. The number of pyridine rings is 1. The molecule has 0 radical (unpaired) electrons. The van der Waals surface area contributed by atoms with Gasteiger partial charge >= 0.3 is 0 Å². The monoisotopic (exact) mass is 446 g/mol. The summed E-state index contributed by atoms with van der Waals surface area (Å²) in [5.74, 6) is 0.476. The zero-order valence-electron chi connectivity index (χ0n) is 16.2. The van der Waals surface area contributed by atoms with Gasteiger partial charge in [0.25, 0.3) is 5.91 Å². The van der Waals surface area contributed by atoms with Gasteiger partial charge in [0.15, 0.2) is 6.61 Å². The summed E-state index contributed by atoms with van der Waals surface area (Å²) < 4.78 is 5.48. The standard InChI is InChI=1S/C25H16Cl2N2O2/c26-19-6-1-15(2-7-19)18-12-21(16-3-8-20(27)9-4-16)28-22(13-18)17-5-10-24-23(11-17)29-25(30)14-31-24/h1-13H,14H2,(H,29,30). The van der Waals surface area contributed by atoms with Gasteiger partial charge in [-0.15, -0.1) is 0 Å². The summed E-state index contributed by atoms with van der Waals surface area (Å²) in [6.07, 6.45) is 0. The van der Waals surface area contributed by atoms with E-state index in [4.69, 9.17) is 32.9 Å². The van der Waals surface area contributed by atoms with E-state index in [0.717, 1.165) is 33.6 Å². The third kappa shape index (κ3) is 4.13. The molecule has 1 amide bonds. The number of nitrogens with zero attached hydrogens (tertiary/aromatic N) is 1. The van der Waals surface area contributed by atoms with Gasteiger partial charge in [0.1, 0.15) is 5.75 Å². The van der Waals surface area contributed by atoms with Gasteiger partial charge in [0.05, 0.1) is 17.1 Å². The maximum absolute atomic E-state index is 11.7. The summed E-state index contributed by atoms with van der Waals surface area (Å²) in [5.41, 5.74) is 6.09. The number of carbonyl (C=O) groups is 1. The lowest BCUT2D eigenvalue weighted by atomic mass is 9.99. The second kappa shape index (κ2) is 8.06. The van der Waals surface area contributed by atoms with Crippen molar-refractivity contribution in [2.75, 3.05) is 11.9 Å². The maximum Gasteiger partial charge on any atom is 0.262 e. The number of hydrogen-bond acceptors (Lipinski definition) is 3. The molecule has 1 N–H and O–H groups in total. The van der Waals surface area contributed by atoms with Gasteiger partial charge in [0.2, 0.25) is 0 Å². The first-order valence-electron chi connectivity index (χ1n) is 9.66. The predicted molar refractivity (Wildman–Crippen MR) is 125 cm³/mol. The van der Waals surface area contributed by atoms with E-state index in [-0.39, 0.29) is 12.5 Å². The molecule has 5 rings (SSSR count). The molecule has 0 spiro atoms. The van der Waals surface area contributed by atoms with E-state index in [9.17, 15) is 4.79 Å². The molecule has 0 atom stereocenters. The third-order valence-corrected chi connectivity index (χ3v) is 5.56. The summed E-state index contributed by atoms with van der Waals surface area (Å²) in [6, 6.07) is 25.0. The molecule has 0 unspecified atom stereocenters. The van der Waals surface area contributed by atoms with E-state index in [2.05, 4.69) is 5.32 Å². The van der Waals surface area contributed by atoms with Crippen LogP contribution >= 0.6 is 23.2 Å². The second-order valence-corrected chi connectivity index (χ2v) is 8.06. The summed E-state index contributed by atoms with van der Waals surface area (Å²) in [7, 11) is 0. The van der Waals surface area contributed by atoms with Crippen LogP contribution in [0.5, 0.6) is 5.75 Å². The van der Waals surface area contributed by atoms with E-state index in [0.29, 0.717) is 21.5 Å². The highest BCUT2D eigenvalue weighted by atomic mass is 35.5. The molecule has 4 aromatic rings. The normalized spacial score (nSPS) is 12.6. The van der Waals surface area contributed by atoms with E-state index >= 15 is 0 Å². The molecule has 0 aliphatic carbocycles. The fourth-order valence-corrected chi connectivity index (χ4v) is 3.75. The van der Waals surface area contributed by atoms with Crippen LogP contribution in [0.15, 0.2) is 78.9 Å². The third-order valence-electron chi connectivity index (χ3n) is 5.05. The van der Waals surface area contributed by atoms with Crippen LogP contribution in [0.3, 0.4) is 0 Å². The quantitative estimate of drug-likeness (QED) is 0.379. The largest absolute Gasteiger partial charge is 0.482 e. The SMILES string of the molecule is O=C1COc2ccc(-c3cc(-c4ccc(Cl)cc4)cc(-c4ccc(Cl)cc4)n3)cc2N1. The number of aromatic nitrogens is 1. The minimum absolute atomic E-state index is 0.0252. The van der Waals surface area contributed by atoms with Crippen molar-refractivity contribution >= 4 is 34.8 Å². The highest BCUT2D eigenvalue weighted by Crippen LogP contribution is 2.35. The van der Waals surface area contributed by atoms with Crippen molar-refractivity contribution in [1.82, 2.24) is 4.98 Å². The maximum atomic E-state index is 11.7. The molecule has 6 heteroatoms. The Hall–Kier alpha value is -3.34. The molecular formula is C25H16Cl2N2O2. The molecule has 1 aliphatic rings. The van der Waals surface area contributed by atoms with Crippen molar-refractivity contribution in [3.8, 4) is 39.4 Å². The van der Waals surface area contributed by atoms with Crippen LogP contribution in [0.2, 0.25) is 10.0 Å². The molecule has 152 valence electrons. The highest BCUT2D eigenvalue weighted by Gasteiger charge is 2.17. The minimum atomic E-state index is -0.172. The minimum Gasteiger partial charge on any atom is -0.482 e. The van der Waals surface area contributed by atoms with E-state index < -0.39 is 0 Å². The number of nitrogens with one attached hydrogen (secondary N) is 1. The first-order chi connectivity index (χ1) is 15.0. The second-order valence-electron chi connectivity index (χ2n) is 7.19. The van der Waals surface area contributed by atoms with Crippen LogP contribution in [-0.4, -0.2) is 17.5 Å². The number of fused-ring (bicyclic) bond motifs is 1. The number of amides is 1. The summed E-state index contributed by atoms with van der Waals surface area (Å²) in [6.45, 7) is 0.0252. The Morgan fingerprint density at radius 2 is 1.29 bits per heavy atom. The Balaban J connectivity index is 1.66. The Labute approximate surface area is 189 Å². The molecule has 1 aliphatic heterocycles. The number of hydrogen-bond donors (Lipinski definition) is 1. The molecule has 1 aromatic heterocycles. The molecule has 4 nitrogen and oxygen atoms in total. The molecule has 0 fully saturated rings. The Morgan fingerprint density at radius 3 is 1.97 bits per heavy atom. The van der Waals surface area contributed by atoms with Gasteiger partial charge in [-0.1, -0.05) is 47.5 Å². The average molecular weight is 447 g/mol. The van der Waals surface area contributed by atoms with Crippen molar-refractivity contribution < 1.29 is 9.53 Å². The average Bonchev–Trinajstić information content (AvgIpc) is 2.79. The lowest BCUT2D eigenvalue weighted by Gasteiger charge is -2.18. The van der Waals surface area contributed by atoms with Crippen LogP contribution in [0.4, 0.5) is 5.69 Å². The number of halogens is 2. The first-order valence-corrected chi connectivity index (χ1v) is 10.4. The van der Waals surface area contributed by atoms with Gasteiger partial charge in [-0.05, 0) is 65.7 Å². The lowest BCUT2D eigenvalue weighted by Crippen LogP contribution is -2.25. The summed E-state index contributed by atoms with van der Waals surface area (Å²) in [4.78, 5) is 16.6. The molecular weight excluding hydrogens is 431 g/mol. The van der Waals surface area contributed by atoms with Crippen LogP contribution in [0, 0.1) is 0 Å². The van der Waals surface area contributed by atoms with Crippen molar-refractivity contribution in [3.63, 3.8) is 0 Å². The van der Waals surface area contributed by atoms with E-state index in [1.807, 2.05) is 78.9 Å². The summed E-state index contributed by atoms with van der Waals surface area (Å²) in [5, 5.41) is 4.21. The zero-order chi connectivity index (χ0) is 21.4. The summed E-state index contributed by atoms with van der Waals surface area (Å²) >= 11 is 12.1. The molecule has 3 aromatic carbocycles. The number of carbonyl (C=O) groups excluding carboxylic acids is 1. The van der Waals surface area contributed by atoms with Crippen molar-refractivity contribution in [3.05, 3.63) is 88.9 Å². The Morgan fingerprint density at radius 1 is 0.710 bits per heavy atom. The van der Waals surface area contributed by atoms with Gasteiger partial charge in [-0.2, -0.15) is 0 Å². The molecule has 0 saturated heterocycles. The topological polar surface area (TPSA) is 51.2 Å². The van der Waals surface area contributed by atoms with Crippen molar-refractivity contribution in [2.45, 2.75) is 0 Å². The van der Waals surface area contributed by atoms with Crippen LogP contribution < -0.4 is 10.1 Å². The smallest absolute Gasteiger partial charge is 0.262 e. The molecule has 31 heavy (non-hydrogen) atoms. The fraction of sp³-hybridized carbons (Fsp3) is 0.0400. The van der Waals surface area contributed by atoms with Gasteiger partial charge in [-0.25, -0.2) is 4.98 Å². The predicted octanol–water partition coefficient (Wildman–Crippen LogP) is 6.72. The number of anilines is 1. The molecule has 0 bridgehead atoms. The Bertz CT molecular complexity index is 1220. The first kappa shape index (κ1) is 19.6. The number of benzene rings is 3.